The Hall–Kier alpha value is -3.98. The van der Waals surface area contributed by atoms with Crippen LogP contribution >= 0.6 is 0 Å². The van der Waals surface area contributed by atoms with E-state index < -0.39 is 53.1 Å². The molecule has 1 aliphatic rings. The topological polar surface area (TPSA) is 9.23 Å². The Morgan fingerprint density at radius 3 is 0.942 bits per heavy atom. The highest BCUT2D eigenvalue weighted by Gasteiger charge is 2.38. The summed E-state index contributed by atoms with van der Waals surface area (Å²) in [5.74, 6) is 0. The Bertz CT molecular complexity index is 1490. The van der Waals surface area contributed by atoms with Crippen LogP contribution in [-0.4, -0.2) is 50.5 Å². The molecule has 0 N–H and O–H groups in total. The largest absolute Gasteiger partial charge is 0.416 e. The van der Waals surface area contributed by atoms with Crippen LogP contribution in [0.3, 0.4) is 0 Å². The second-order valence-corrected chi connectivity index (χ2v) is 13.1. The molecular weight excluding hydrogens is 713 g/mol. The zero-order valence-corrected chi connectivity index (χ0v) is 28.2. The highest BCUT2D eigenvalue weighted by molar-refractivity contribution is 7.19. The summed E-state index contributed by atoms with van der Waals surface area (Å²) in [6, 6.07) is 13.6. The van der Waals surface area contributed by atoms with Crippen molar-refractivity contribution in [2.75, 3.05) is 39.9 Å². The third kappa shape index (κ3) is 9.52. The number of benzene rings is 4. The molecule has 0 atom stereocenters. The quantitative estimate of drug-likeness (QED) is 0.105. The van der Waals surface area contributed by atoms with Gasteiger partial charge in [0.15, 0.2) is 0 Å². The summed E-state index contributed by atoms with van der Waals surface area (Å²) in [5.41, 5.74) is -4.29. The molecule has 0 aromatic heterocycles. The van der Waals surface area contributed by atoms with Crippen molar-refractivity contribution >= 4 is 28.0 Å². The van der Waals surface area contributed by atoms with Crippen molar-refractivity contribution < 1.29 is 61.9 Å². The van der Waals surface area contributed by atoms with Crippen molar-refractivity contribution in [2.24, 2.45) is 0 Å². The van der Waals surface area contributed by atoms with E-state index >= 15 is 0 Å². The van der Waals surface area contributed by atoms with Gasteiger partial charge in [0, 0.05) is 0 Å². The van der Waals surface area contributed by atoms with Gasteiger partial charge in [0.1, 0.15) is 19.2 Å². The van der Waals surface area contributed by atoms with Gasteiger partial charge < -0.3 is 9.22 Å². The number of morpholine rings is 1. The molecule has 282 valence electrons. The van der Waals surface area contributed by atoms with Crippen LogP contribution in [0.4, 0.5) is 52.7 Å². The molecular formula is C37H36BF12NO. The van der Waals surface area contributed by atoms with E-state index in [9.17, 15) is 52.7 Å². The van der Waals surface area contributed by atoms with Gasteiger partial charge in [-0.05, 0) is 6.42 Å². The first-order valence-corrected chi connectivity index (χ1v) is 16.4. The van der Waals surface area contributed by atoms with Crippen molar-refractivity contribution in [1.29, 1.82) is 0 Å². The number of likely N-dealkylation sites (N-methyl/N-ethyl adjacent to an activating group) is 1. The zero-order valence-electron chi connectivity index (χ0n) is 28.2. The van der Waals surface area contributed by atoms with Crippen LogP contribution in [0, 0.1) is 0 Å². The van der Waals surface area contributed by atoms with E-state index in [1.807, 2.05) is 0 Å². The summed E-state index contributed by atoms with van der Waals surface area (Å²) in [4.78, 5) is 0. The predicted octanol–water partition coefficient (Wildman–Crippen LogP) is 8.40. The van der Waals surface area contributed by atoms with Crippen LogP contribution in [-0.2, 0) is 29.4 Å². The number of quaternary nitrogens is 1. The maximum absolute atomic E-state index is 13.3. The third-order valence-corrected chi connectivity index (χ3v) is 9.55. The first kappa shape index (κ1) is 40.8. The van der Waals surface area contributed by atoms with Gasteiger partial charge >= 0.3 is 24.7 Å². The Kier molecular flexibility index (Phi) is 12.2. The smallest absolute Gasteiger partial charge is 0.370 e. The van der Waals surface area contributed by atoms with E-state index in [-0.39, 0.29) is 21.9 Å². The molecule has 0 spiro atoms. The lowest BCUT2D eigenvalue weighted by atomic mass is 9.13. The van der Waals surface area contributed by atoms with Crippen molar-refractivity contribution in [3.8, 4) is 0 Å². The Labute approximate surface area is 293 Å². The molecule has 2 nitrogen and oxygen atoms in total. The second-order valence-electron chi connectivity index (χ2n) is 13.1. The van der Waals surface area contributed by atoms with Gasteiger partial charge in [-0.2, -0.15) is 74.5 Å². The van der Waals surface area contributed by atoms with E-state index in [2.05, 4.69) is 14.0 Å². The first-order valence-electron chi connectivity index (χ1n) is 16.4. The van der Waals surface area contributed by atoms with Gasteiger partial charge in [0.25, 0.3) is 0 Å². The fourth-order valence-electron chi connectivity index (χ4n) is 6.54. The van der Waals surface area contributed by atoms with Crippen LogP contribution in [0.25, 0.3) is 0 Å². The summed E-state index contributed by atoms with van der Waals surface area (Å²) < 4.78 is 167. The van der Waals surface area contributed by atoms with Gasteiger partial charge in [-0.25, -0.2) is 0 Å². The van der Waals surface area contributed by atoms with E-state index in [0.29, 0.717) is 48.5 Å². The van der Waals surface area contributed by atoms with E-state index in [0.717, 1.165) is 61.7 Å². The van der Waals surface area contributed by atoms with E-state index in [4.69, 9.17) is 4.74 Å². The number of unbranched alkanes of at least 4 members (excludes halogenated alkanes) is 1. The summed E-state index contributed by atoms with van der Waals surface area (Å²) in [5, 5.41) is 0. The third-order valence-electron chi connectivity index (χ3n) is 9.55. The molecule has 0 saturated carbocycles. The van der Waals surface area contributed by atoms with Crippen LogP contribution in [0.2, 0.25) is 0 Å². The molecule has 0 radical (unpaired) electrons. The van der Waals surface area contributed by atoms with Crippen molar-refractivity contribution in [3.63, 3.8) is 0 Å². The highest BCUT2D eigenvalue weighted by atomic mass is 19.4. The van der Waals surface area contributed by atoms with E-state index in [1.54, 1.807) is 0 Å². The standard InChI is InChI=1S/C28H16BF12.C9H20NO/c30-25(31,32)17-1-9-21(10-2-17)29(22-11-3-18(4-12-22)26(33,34)35,23-13-5-19(6-14-23)27(36,37)38)24-15-7-20(8-16-24)28(39,40)41;1-3-4-5-10(2)6-8-11-9-7-10/h1-16H;3-9H2,1-2H3/q-1;+1. The van der Waals surface area contributed by atoms with Crippen LogP contribution < -0.4 is 21.9 Å². The number of ether oxygens (including phenoxy) is 1. The molecule has 5 rings (SSSR count). The molecule has 1 heterocycles. The fourth-order valence-corrected chi connectivity index (χ4v) is 6.54. The SMILES string of the molecule is CCCC[N+]1(C)CCOCC1.FC(F)(F)c1ccc([B-](c2ccc(C(F)(F)F)cc2)(c2ccc(C(F)(F)F)cc2)c2ccc(C(F)(F)F)cc2)cc1. The number of rotatable bonds is 7. The van der Waals surface area contributed by atoms with Crippen molar-refractivity contribution in [3.05, 3.63) is 119 Å². The van der Waals surface area contributed by atoms with Gasteiger partial charge in [-0.3, -0.25) is 0 Å². The average molecular weight is 749 g/mol. The number of hydrogen-bond donors (Lipinski definition) is 0. The van der Waals surface area contributed by atoms with Crippen molar-refractivity contribution in [1.82, 2.24) is 0 Å². The average Bonchev–Trinajstić information content (AvgIpc) is 3.08. The minimum atomic E-state index is -4.77. The monoisotopic (exact) mass is 749 g/mol. The van der Waals surface area contributed by atoms with Gasteiger partial charge in [0.05, 0.1) is 49.1 Å². The lowest BCUT2D eigenvalue weighted by Gasteiger charge is -2.44. The predicted molar refractivity (Wildman–Crippen MR) is 177 cm³/mol. The molecule has 1 aliphatic heterocycles. The Balaban J connectivity index is 0.000000470. The van der Waals surface area contributed by atoms with E-state index in [1.165, 1.54) is 37.0 Å². The zero-order chi connectivity index (χ0) is 38.6. The molecule has 1 fully saturated rings. The molecule has 1 saturated heterocycles. The lowest BCUT2D eigenvalue weighted by molar-refractivity contribution is -0.917. The number of nitrogens with zero attached hydrogens (tertiary/aromatic N) is 1. The summed E-state index contributed by atoms with van der Waals surface area (Å²) in [6.07, 6.45) is -19.3. The lowest BCUT2D eigenvalue weighted by Crippen LogP contribution is -2.74. The molecule has 15 heteroatoms. The maximum atomic E-state index is 13.3. The van der Waals surface area contributed by atoms with Crippen LogP contribution in [0.5, 0.6) is 0 Å². The maximum Gasteiger partial charge on any atom is 0.416 e. The van der Waals surface area contributed by atoms with Crippen LogP contribution in [0.1, 0.15) is 42.0 Å². The fraction of sp³-hybridized carbons (Fsp3) is 0.351. The normalized spacial score (nSPS) is 15.5. The summed E-state index contributed by atoms with van der Waals surface area (Å²) in [6.45, 7) is 7.92. The summed E-state index contributed by atoms with van der Waals surface area (Å²) in [7, 11) is 2.35. The Morgan fingerprint density at radius 2 is 0.731 bits per heavy atom. The van der Waals surface area contributed by atoms with Gasteiger partial charge in [-0.15, -0.1) is 0 Å². The highest BCUT2D eigenvalue weighted by Crippen LogP contribution is 2.32. The minimum absolute atomic E-state index is 0.0114. The Morgan fingerprint density at radius 1 is 0.481 bits per heavy atom. The molecule has 0 bridgehead atoms. The van der Waals surface area contributed by atoms with Gasteiger partial charge in [-0.1, -0.05) is 110 Å². The summed E-state index contributed by atoms with van der Waals surface area (Å²) >= 11 is 0. The molecule has 4 aromatic carbocycles. The van der Waals surface area contributed by atoms with Crippen molar-refractivity contribution in [2.45, 2.75) is 44.5 Å². The number of alkyl halides is 12. The second kappa shape index (κ2) is 15.6. The number of halogens is 12. The van der Waals surface area contributed by atoms with Crippen LogP contribution in [0.15, 0.2) is 97.1 Å². The molecule has 52 heavy (non-hydrogen) atoms. The number of hydrogen-bond acceptors (Lipinski definition) is 1. The minimum Gasteiger partial charge on any atom is -0.370 e. The molecule has 0 unspecified atom stereocenters. The first-order chi connectivity index (χ1) is 24.1. The van der Waals surface area contributed by atoms with Gasteiger partial charge in [0.2, 0.25) is 0 Å². The molecule has 0 aliphatic carbocycles. The molecule has 4 aromatic rings. The molecule has 0 amide bonds.